The van der Waals surface area contributed by atoms with Crippen molar-refractivity contribution in [1.82, 2.24) is 0 Å². The van der Waals surface area contributed by atoms with E-state index in [1.807, 2.05) is 0 Å². The largest absolute Gasteiger partial charge is 1.00 e. The van der Waals surface area contributed by atoms with Crippen molar-refractivity contribution in [2.24, 2.45) is 4.99 Å². The van der Waals surface area contributed by atoms with Crippen LogP contribution in [0.3, 0.4) is 0 Å². The van der Waals surface area contributed by atoms with Gasteiger partial charge in [-0.1, -0.05) is 0 Å². The van der Waals surface area contributed by atoms with E-state index in [9.17, 15) is 19.7 Å². The van der Waals surface area contributed by atoms with Gasteiger partial charge in [-0.05, 0) is 35.6 Å². The SMILES string of the molecule is O=P1(O)O[C@H]2[C@@H]3N=C([O-])c4cc5c(cc4[C@H]3C[C@H](O)[C@H]2O1)OCO5.[Na+]. The van der Waals surface area contributed by atoms with E-state index in [4.69, 9.17) is 18.5 Å². The maximum absolute atomic E-state index is 12.4. The summed E-state index contributed by atoms with van der Waals surface area (Å²) in [6, 6.07) is 2.60. The van der Waals surface area contributed by atoms with Gasteiger partial charge in [-0.15, -0.1) is 0 Å². The molecule has 0 spiro atoms. The van der Waals surface area contributed by atoms with Gasteiger partial charge in [0.15, 0.2) is 11.5 Å². The molecule has 3 aliphatic heterocycles. The Bertz CT molecular complexity index is 816. The van der Waals surface area contributed by atoms with Crippen molar-refractivity contribution in [2.45, 2.75) is 36.7 Å². The minimum Gasteiger partial charge on any atom is -0.858 e. The maximum Gasteiger partial charge on any atom is 1.00 e. The van der Waals surface area contributed by atoms with Crippen LogP contribution in [-0.2, 0) is 13.6 Å². The van der Waals surface area contributed by atoms with Gasteiger partial charge in [0.2, 0.25) is 6.79 Å². The molecular formula is C14H13NNaO8P. The minimum atomic E-state index is -4.24. The third kappa shape index (κ3) is 2.65. The van der Waals surface area contributed by atoms with Crippen LogP contribution in [0.15, 0.2) is 17.1 Å². The van der Waals surface area contributed by atoms with Gasteiger partial charge in [0.1, 0.15) is 12.2 Å². The van der Waals surface area contributed by atoms with E-state index in [1.165, 1.54) is 0 Å². The fraction of sp³-hybridized carbons (Fsp3) is 0.500. The summed E-state index contributed by atoms with van der Waals surface area (Å²) in [6.07, 6.45) is -2.69. The molecule has 1 aromatic carbocycles. The first-order valence-electron chi connectivity index (χ1n) is 7.49. The van der Waals surface area contributed by atoms with E-state index in [0.717, 1.165) is 0 Å². The summed E-state index contributed by atoms with van der Waals surface area (Å²) in [7, 11) is -4.24. The van der Waals surface area contributed by atoms with Gasteiger partial charge in [-0.2, -0.15) is 0 Å². The number of hydrogen-bond donors (Lipinski definition) is 2. The molecule has 1 unspecified atom stereocenters. The Morgan fingerprint density at radius 2 is 1.88 bits per heavy atom. The molecule has 0 radical (unpaired) electrons. The summed E-state index contributed by atoms with van der Waals surface area (Å²) in [5.74, 6) is 0.202. The molecule has 25 heavy (non-hydrogen) atoms. The van der Waals surface area contributed by atoms with E-state index < -0.39 is 38.1 Å². The Morgan fingerprint density at radius 3 is 2.64 bits per heavy atom. The van der Waals surface area contributed by atoms with Crippen LogP contribution in [0.5, 0.6) is 11.5 Å². The number of benzene rings is 1. The van der Waals surface area contributed by atoms with Crippen LogP contribution in [0.4, 0.5) is 0 Å². The molecule has 1 saturated carbocycles. The fourth-order valence-corrected chi connectivity index (χ4v) is 5.06. The van der Waals surface area contributed by atoms with Crippen LogP contribution in [0.25, 0.3) is 0 Å². The summed E-state index contributed by atoms with van der Waals surface area (Å²) in [6.45, 7) is 0.0790. The Hall–Kier alpha value is -0.640. The summed E-state index contributed by atoms with van der Waals surface area (Å²) < 4.78 is 32.4. The molecular weight excluding hydrogens is 364 g/mol. The van der Waals surface area contributed by atoms with Crippen molar-refractivity contribution >= 4 is 13.7 Å². The predicted octanol–water partition coefficient (Wildman–Crippen LogP) is -3.36. The maximum atomic E-state index is 12.4. The molecule has 11 heteroatoms. The Labute approximate surface area is 164 Å². The van der Waals surface area contributed by atoms with Crippen LogP contribution < -0.4 is 44.1 Å². The molecule has 0 aromatic heterocycles. The first-order chi connectivity index (χ1) is 11.4. The molecule has 1 aliphatic carbocycles. The molecule has 3 heterocycles. The second-order valence-corrected chi connectivity index (χ2v) is 7.59. The van der Waals surface area contributed by atoms with Gasteiger partial charge in [-0.25, -0.2) is 4.57 Å². The standard InChI is InChI=1S/C14H14NO8P.Na/c16-8-1-6-5-2-9-10(21-4-20-9)3-7(5)14(17)15-11(6)13-12(8)22-24(18,19)23-13;/h2-3,6,8,11-13,16H,1,4H2,(H,15,17)(H,18,19);/q;+1/p-1/t6-,8+,11-,12-,13+;/m1./s1. The average Bonchev–Trinajstić information content (AvgIpc) is 3.10. The molecule has 9 nitrogen and oxygen atoms in total. The molecule has 0 bridgehead atoms. The molecule has 0 amide bonds. The summed E-state index contributed by atoms with van der Waals surface area (Å²) in [5.41, 5.74) is 1.06. The molecule has 1 saturated heterocycles. The third-order valence-corrected chi connectivity index (χ3v) is 5.92. The van der Waals surface area contributed by atoms with Crippen molar-refractivity contribution in [3.8, 4) is 11.5 Å². The van der Waals surface area contributed by atoms with Gasteiger partial charge in [0.05, 0.1) is 12.1 Å². The second kappa shape index (κ2) is 5.94. The van der Waals surface area contributed by atoms with Crippen LogP contribution in [-0.4, -0.2) is 47.0 Å². The molecule has 4 aliphatic rings. The zero-order valence-corrected chi connectivity index (χ0v) is 16.1. The molecule has 128 valence electrons. The fourth-order valence-electron chi connectivity index (χ4n) is 3.89. The topological polar surface area (TPSA) is 130 Å². The van der Waals surface area contributed by atoms with Gasteiger partial charge < -0.3 is 24.6 Å². The molecule has 2 N–H and O–H groups in total. The first-order valence-corrected chi connectivity index (χ1v) is 8.99. The summed E-state index contributed by atoms with van der Waals surface area (Å²) in [5, 5.41) is 22.7. The first kappa shape index (κ1) is 17.8. The quantitative estimate of drug-likeness (QED) is 0.354. The normalized spacial score (nSPS) is 40.4. The van der Waals surface area contributed by atoms with Crippen molar-refractivity contribution < 1.29 is 67.8 Å². The number of hydrogen-bond acceptors (Lipinski definition) is 8. The molecule has 2 fully saturated rings. The van der Waals surface area contributed by atoms with Crippen LogP contribution in [0.2, 0.25) is 0 Å². The third-order valence-electron chi connectivity index (χ3n) is 4.90. The van der Waals surface area contributed by atoms with E-state index in [2.05, 4.69) is 4.99 Å². The number of ether oxygens (including phenoxy) is 2. The number of aliphatic imine (C=N–C) groups is 1. The van der Waals surface area contributed by atoms with Crippen molar-refractivity contribution in [3.05, 3.63) is 23.3 Å². The number of fused-ring (bicyclic) bond motifs is 6. The van der Waals surface area contributed by atoms with Gasteiger partial charge in [0.25, 0.3) is 0 Å². The second-order valence-electron chi connectivity index (χ2n) is 6.24. The van der Waals surface area contributed by atoms with Gasteiger partial charge in [-0.3, -0.25) is 14.0 Å². The van der Waals surface area contributed by atoms with Crippen LogP contribution in [0.1, 0.15) is 23.5 Å². The average molecular weight is 377 g/mol. The predicted molar refractivity (Wildman–Crippen MR) is 75.8 cm³/mol. The van der Waals surface area contributed by atoms with Crippen LogP contribution in [0, 0.1) is 0 Å². The van der Waals surface area contributed by atoms with E-state index in [-0.39, 0.29) is 48.7 Å². The number of phosphoric ester groups is 1. The van der Waals surface area contributed by atoms with Crippen molar-refractivity contribution in [3.63, 3.8) is 0 Å². The smallest absolute Gasteiger partial charge is 0.858 e. The summed E-state index contributed by atoms with van der Waals surface area (Å²) in [4.78, 5) is 13.7. The Morgan fingerprint density at radius 1 is 1.20 bits per heavy atom. The number of aliphatic hydroxyl groups excluding tert-OH is 1. The Balaban J connectivity index is 0.00000157. The van der Waals surface area contributed by atoms with Crippen molar-refractivity contribution in [2.75, 3.05) is 6.79 Å². The van der Waals surface area contributed by atoms with E-state index in [0.29, 0.717) is 22.6 Å². The van der Waals surface area contributed by atoms with E-state index in [1.54, 1.807) is 12.1 Å². The van der Waals surface area contributed by atoms with Gasteiger partial charge >= 0.3 is 37.4 Å². The molecule has 5 rings (SSSR count). The number of phosphoric acid groups is 1. The van der Waals surface area contributed by atoms with Crippen LogP contribution >= 0.6 is 7.82 Å². The molecule has 6 atom stereocenters. The van der Waals surface area contributed by atoms with Crippen molar-refractivity contribution in [1.29, 1.82) is 0 Å². The summed E-state index contributed by atoms with van der Waals surface area (Å²) >= 11 is 0. The molecule has 1 aromatic rings. The van der Waals surface area contributed by atoms with E-state index >= 15 is 0 Å². The Kier molecular flexibility index (Phi) is 4.22. The zero-order chi connectivity index (χ0) is 16.6. The number of nitrogens with zero attached hydrogens (tertiary/aromatic N) is 1. The number of aliphatic hydroxyl groups is 1. The monoisotopic (exact) mass is 377 g/mol. The minimum absolute atomic E-state index is 0. The van der Waals surface area contributed by atoms with Gasteiger partial charge in [0, 0.05) is 5.92 Å². The zero-order valence-electron chi connectivity index (χ0n) is 13.2. The number of rotatable bonds is 0.